The molecule has 1 aromatic heterocycles. The molecule has 0 saturated carbocycles. The SMILES string of the molecule is Cc1cc(C(N)=O)[nH]c(=O)c1N1C(=O)c2ccccc2C1=O. The van der Waals surface area contributed by atoms with Crippen LogP contribution in [0.3, 0.4) is 0 Å². The molecule has 0 spiro atoms. The minimum Gasteiger partial charge on any atom is -0.364 e. The Morgan fingerprint density at radius 2 is 1.64 bits per heavy atom. The van der Waals surface area contributed by atoms with Crippen molar-refractivity contribution in [1.82, 2.24) is 4.98 Å². The number of aromatic amines is 1. The summed E-state index contributed by atoms with van der Waals surface area (Å²) in [5, 5.41) is 0. The van der Waals surface area contributed by atoms with Gasteiger partial charge in [0.2, 0.25) is 0 Å². The van der Waals surface area contributed by atoms with Crippen molar-refractivity contribution in [2.75, 3.05) is 4.90 Å². The van der Waals surface area contributed by atoms with Gasteiger partial charge in [0.05, 0.1) is 11.1 Å². The van der Waals surface area contributed by atoms with Gasteiger partial charge in [0.15, 0.2) is 0 Å². The van der Waals surface area contributed by atoms with Crippen LogP contribution in [0.5, 0.6) is 0 Å². The lowest BCUT2D eigenvalue weighted by atomic mass is 10.1. The summed E-state index contributed by atoms with van der Waals surface area (Å²) < 4.78 is 0. The Morgan fingerprint density at radius 1 is 1.09 bits per heavy atom. The fourth-order valence-electron chi connectivity index (χ4n) is 2.48. The van der Waals surface area contributed by atoms with Crippen LogP contribution in [0.15, 0.2) is 35.1 Å². The summed E-state index contributed by atoms with van der Waals surface area (Å²) in [6, 6.07) is 7.66. The van der Waals surface area contributed by atoms with Crippen LogP contribution >= 0.6 is 0 Å². The van der Waals surface area contributed by atoms with Crippen molar-refractivity contribution in [2.24, 2.45) is 5.73 Å². The molecule has 0 radical (unpaired) electrons. The van der Waals surface area contributed by atoms with Gasteiger partial charge in [-0.05, 0) is 30.7 Å². The van der Waals surface area contributed by atoms with Crippen LogP contribution in [-0.2, 0) is 0 Å². The number of carbonyl (C=O) groups is 3. The lowest BCUT2D eigenvalue weighted by Crippen LogP contribution is -2.36. The number of aromatic nitrogens is 1. The Kier molecular flexibility index (Phi) is 2.91. The van der Waals surface area contributed by atoms with Crippen molar-refractivity contribution in [2.45, 2.75) is 6.92 Å². The molecule has 2 heterocycles. The monoisotopic (exact) mass is 297 g/mol. The van der Waals surface area contributed by atoms with Crippen molar-refractivity contribution in [3.05, 3.63) is 63.1 Å². The number of aryl methyl sites for hydroxylation is 1. The smallest absolute Gasteiger partial charge is 0.273 e. The largest absolute Gasteiger partial charge is 0.364 e. The Balaban J connectivity index is 2.19. The summed E-state index contributed by atoms with van der Waals surface area (Å²) in [6.07, 6.45) is 0. The van der Waals surface area contributed by atoms with E-state index >= 15 is 0 Å². The molecule has 0 unspecified atom stereocenters. The third-order valence-corrected chi connectivity index (χ3v) is 3.48. The molecular formula is C15H11N3O4. The zero-order valence-electron chi connectivity index (χ0n) is 11.5. The molecule has 22 heavy (non-hydrogen) atoms. The van der Waals surface area contributed by atoms with Crippen molar-refractivity contribution in [3.63, 3.8) is 0 Å². The van der Waals surface area contributed by atoms with E-state index in [1.807, 2.05) is 0 Å². The van der Waals surface area contributed by atoms with E-state index in [2.05, 4.69) is 4.98 Å². The van der Waals surface area contributed by atoms with Gasteiger partial charge in [-0.2, -0.15) is 0 Å². The molecule has 0 saturated heterocycles. The minimum atomic E-state index is -0.797. The summed E-state index contributed by atoms with van der Waals surface area (Å²) in [4.78, 5) is 51.2. The van der Waals surface area contributed by atoms with Gasteiger partial charge in [0.25, 0.3) is 23.3 Å². The van der Waals surface area contributed by atoms with Crippen LogP contribution in [0.2, 0.25) is 0 Å². The molecule has 3 amide bonds. The highest BCUT2D eigenvalue weighted by Gasteiger charge is 2.38. The number of nitrogens with zero attached hydrogens (tertiary/aromatic N) is 1. The highest BCUT2D eigenvalue weighted by atomic mass is 16.2. The quantitative estimate of drug-likeness (QED) is 0.789. The fraction of sp³-hybridized carbons (Fsp3) is 0.0667. The first-order valence-electron chi connectivity index (χ1n) is 6.43. The predicted octanol–water partition coefficient (Wildman–Crippen LogP) is 0.583. The predicted molar refractivity (Wildman–Crippen MR) is 77.9 cm³/mol. The number of hydrogen-bond donors (Lipinski definition) is 2. The summed E-state index contributed by atoms with van der Waals surface area (Å²) in [5.74, 6) is -1.93. The first-order valence-corrected chi connectivity index (χ1v) is 6.43. The maximum atomic E-state index is 12.4. The highest BCUT2D eigenvalue weighted by Crippen LogP contribution is 2.28. The Hall–Kier alpha value is -3.22. The number of imide groups is 1. The number of amides is 3. The summed E-state index contributed by atoms with van der Waals surface area (Å²) in [7, 11) is 0. The van der Waals surface area contributed by atoms with Crippen molar-refractivity contribution in [1.29, 1.82) is 0 Å². The van der Waals surface area contributed by atoms with Crippen LogP contribution in [0.4, 0.5) is 5.69 Å². The zero-order chi connectivity index (χ0) is 16.0. The number of nitrogens with two attached hydrogens (primary N) is 1. The van der Waals surface area contributed by atoms with E-state index in [9.17, 15) is 19.2 Å². The van der Waals surface area contributed by atoms with Gasteiger partial charge in [-0.3, -0.25) is 19.2 Å². The molecule has 0 atom stereocenters. The van der Waals surface area contributed by atoms with E-state index in [1.54, 1.807) is 12.1 Å². The van der Waals surface area contributed by atoms with Gasteiger partial charge in [-0.1, -0.05) is 12.1 Å². The Labute approximate surface area is 124 Å². The number of fused-ring (bicyclic) bond motifs is 1. The number of anilines is 1. The van der Waals surface area contributed by atoms with E-state index < -0.39 is 23.3 Å². The fourth-order valence-corrected chi connectivity index (χ4v) is 2.48. The molecule has 0 aliphatic carbocycles. The van der Waals surface area contributed by atoms with Gasteiger partial charge in [0, 0.05) is 0 Å². The third kappa shape index (κ3) is 1.83. The van der Waals surface area contributed by atoms with E-state index in [1.165, 1.54) is 25.1 Å². The maximum Gasteiger partial charge on any atom is 0.273 e. The second kappa shape index (κ2) is 4.66. The molecule has 7 nitrogen and oxygen atoms in total. The maximum absolute atomic E-state index is 12.4. The second-order valence-electron chi connectivity index (χ2n) is 4.90. The summed E-state index contributed by atoms with van der Waals surface area (Å²) in [5.41, 5.74) is 5.02. The standard InChI is InChI=1S/C15H11N3O4/c1-7-6-10(12(16)19)17-13(20)11(7)18-14(21)8-4-2-3-5-9(8)15(18)22/h2-6H,1H3,(H2,16,19)(H,17,20). The number of carbonyl (C=O) groups excluding carboxylic acids is 3. The molecule has 0 bridgehead atoms. The van der Waals surface area contributed by atoms with Crippen molar-refractivity contribution in [3.8, 4) is 0 Å². The molecule has 1 aliphatic rings. The van der Waals surface area contributed by atoms with E-state index in [0.29, 0.717) is 5.56 Å². The lowest BCUT2D eigenvalue weighted by Gasteiger charge is -2.15. The normalized spacial score (nSPS) is 13.4. The van der Waals surface area contributed by atoms with Crippen molar-refractivity contribution >= 4 is 23.4 Å². The first kappa shape index (κ1) is 13.7. The molecule has 2 aromatic rings. The number of primary amides is 1. The Morgan fingerprint density at radius 3 is 2.09 bits per heavy atom. The van der Waals surface area contributed by atoms with Crippen molar-refractivity contribution < 1.29 is 14.4 Å². The van der Waals surface area contributed by atoms with E-state index in [-0.39, 0.29) is 22.5 Å². The first-order chi connectivity index (χ1) is 10.4. The minimum absolute atomic E-state index is 0.0807. The number of nitrogens with one attached hydrogen (secondary N) is 1. The number of benzene rings is 1. The molecule has 1 aromatic carbocycles. The van der Waals surface area contributed by atoms with Crippen LogP contribution in [-0.4, -0.2) is 22.7 Å². The van der Waals surface area contributed by atoms with Gasteiger partial charge in [-0.15, -0.1) is 0 Å². The van der Waals surface area contributed by atoms with E-state index in [4.69, 9.17) is 5.73 Å². The molecule has 0 fully saturated rings. The van der Waals surface area contributed by atoms with E-state index in [0.717, 1.165) is 4.90 Å². The molecular weight excluding hydrogens is 286 g/mol. The van der Waals surface area contributed by atoms with Gasteiger partial charge < -0.3 is 10.7 Å². The second-order valence-corrected chi connectivity index (χ2v) is 4.90. The molecule has 1 aliphatic heterocycles. The van der Waals surface area contributed by atoms with Crippen LogP contribution < -0.4 is 16.2 Å². The summed E-state index contributed by atoms with van der Waals surface area (Å²) >= 11 is 0. The third-order valence-electron chi connectivity index (χ3n) is 3.48. The molecule has 7 heteroatoms. The highest BCUT2D eigenvalue weighted by molar-refractivity contribution is 6.34. The number of H-pyrrole nitrogens is 1. The van der Waals surface area contributed by atoms with Crippen LogP contribution in [0, 0.1) is 6.92 Å². The van der Waals surface area contributed by atoms with Gasteiger partial charge in [0.1, 0.15) is 11.4 Å². The van der Waals surface area contributed by atoms with Gasteiger partial charge in [-0.25, -0.2) is 4.90 Å². The number of hydrogen-bond acceptors (Lipinski definition) is 4. The average Bonchev–Trinajstić information content (AvgIpc) is 2.72. The number of rotatable bonds is 2. The molecule has 110 valence electrons. The van der Waals surface area contributed by atoms with Crippen LogP contribution in [0.25, 0.3) is 0 Å². The number of pyridine rings is 1. The molecule has 3 rings (SSSR count). The van der Waals surface area contributed by atoms with Crippen LogP contribution in [0.1, 0.15) is 36.8 Å². The summed E-state index contributed by atoms with van der Waals surface area (Å²) in [6.45, 7) is 1.53. The zero-order valence-corrected chi connectivity index (χ0v) is 11.5. The Bertz CT molecular complexity index is 863. The van der Waals surface area contributed by atoms with Gasteiger partial charge >= 0.3 is 0 Å². The molecule has 3 N–H and O–H groups in total. The topological polar surface area (TPSA) is 113 Å². The average molecular weight is 297 g/mol. The lowest BCUT2D eigenvalue weighted by molar-refractivity contribution is 0.0924.